The summed E-state index contributed by atoms with van der Waals surface area (Å²) in [6.45, 7) is 8.12. The van der Waals surface area contributed by atoms with Crippen LogP contribution in [0.1, 0.15) is 32.8 Å². The van der Waals surface area contributed by atoms with Gasteiger partial charge in [0.2, 0.25) is 5.91 Å². The lowest BCUT2D eigenvalue weighted by atomic mass is 9.98. The fourth-order valence-corrected chi connectivity index (χ4v) is 1.93. The summed E-state index contributed by atoms with van der Waals surface area (Å²) >= 11 is 6.01. The zero-order chi connectivity index (χ0) is 13.0. The summed E-state index contributed by atoms with van der Waals surface area (Å²) in [7, 11) is 0. The molecule has 1 amide bonds. The Morgan fingerprint density at radius 2 is 2.00 bits per heavy atom. The quantitative estimate of drug-likeness (QED) is 0.853. The van der Waals surface area contributed by atoms with E-state index in [1.165, 1.54) is 0 Å². The molecule has 0 aromatic heterocycles. The maximum absolute atomic E-state index is 11.9. The first-order valence-electron chi connectivity index (χ1n) is 5.97. The third-order valence-corrected chi connectivity index (χ3v) is 3.12. The van der Waals surface area contributed by atoms with Gasteiger partial charge in [-0.15, -0.1) is 0 Å². The second-order valence-electron chi connectivity index (χ2n) is 4.98. The summed E-state index contributed by atoms with van der Waals surface area (Å²) in [5, 5.41) is 3.57. The fraction of sp³-hybridized carbons (Fsp3) is 0.500. The predicted molar refractivity (Wildman–Crippen MR) is 73.4 cm³/mol. The molecular formula is C14H20ClNO. The average Bonchev–Trinajstić information content (AvgIpc) is 2.22. The van der Waals surface area contributed by atoms with Crippen LogP contribution >= 0.6 is 11.6 Å². The lowest BCUT2D eigenvalue weighted by molar-refractivity contribution is -0.119. The molecule has 3 heteroatoms. The summed E-state index contributed by atoms with van der Waals surface area (Å²) in [5.41, 5.74) is 1.78. The Morgan fingerprint density at radius 1 is 1.35 bits per heavy atom. The van der Waals surface area contributed by atoms with Crippen LogP contribution in [0.3, 0.4) is 0 Å². The van der Waals surface area contributed by atoms with Crippen LogP contribution in [-0.4, -0.2) is 5.91 Å². The van der Waals surface area contributed by atoms with Crippen molar-refractivity contribution in [2.24, 2.45) is 11.8 Å². The molecule has 0 bridgehead atoms. The maximum atomic E-state index is 11.9. The topological polar surface area (TPSA) is 29.1 Å². The van der Waals surface area contributed by atoms with E-state index < -0.39 is 0 Å². The highest BCUT2D eigenvalue weighted by Gasteiger charge is 2.14. The van der Waals surface area contributed by atoms with Gasteiger partial charge < -0.3 is 5.32 Å². The van der Waals surface area contributed by atoms with Gasteiger partial charge in [-0.05, 0) is 37.0 Å². The Bertz CT molecular complexity index is 401. The van der Waals surface area contributed by atoms with Gasteiger partial charge in [0, 0.05) is 16.6 Å². The Balaban J connectivity index is 2.64. The van der Waals surface area contributed by atoms with Gasteiger partial charge in [-0.3, -0.25) is 4.79 Å². The lowest BCUT2D eigenvalue weighted by Crippen LogP contribution is -2.21. The number of nitrogens with one attached hydrogen (secondary N) is 1. The molecule has 0 saturated carbocycles. The van der Waals surface area contributed by atoms with Gasteiger partial charge in [-0.25, -0.2) is 0 Å². The van der Waals surface area contributed by atoms with E-state index in [2.05, 4.69) is 19.2 Å². The number of halogens is 1. The maximum Gasteiger partial charge on any atom is 0.227 e. The standard InChI is InChI=1S/C14H20ClNO/c1-9(2)7-11(4)14(17)16-12-6-5-10(3)13(15)8-12/h5-6,8-9,11H,7H2,1-4H3,(H,16,17). The summed E-state index contributed by atoms with van der Waals surface area (Å²) in [5.74, 6) is 0.603. The van der Waals surface area contributed by atoms with E-state index in [-0.39, 0.29) is 11.8 Å². The minimum Gasteiger partial charge on any atom is -0.326 e. The number of carbonyl (C=O) groups is 1. The minimum absolute atomic E-state index is 0.0232. The van der Waals surface area contributed by atoms with Crippen molar-refractivity contribution in [2.45, 2.75) is 34.1 Å². The monoisotopic (exact) mass is 253 g/mol. The van der Waals surface area contributed by atoms with Crippen LogP contribution < -0.4 is 5.32 Å². The molecule has 1 N–H and O–H groups in total. The Morgan fingerprint density at radius 3 is 2.53 bits per heavy atom. The minimum atomic E-state index is 0.0232. The van der Waals surface area contributed by atoms with Crippen molar-refractivity contribution in [3.8, 4) is 0 Å². The molecule has 0 radical (unpaired) electrons. The van der Waals surface area contributed by atoms with E-state index >= 15 is 0 Å². The molecule has 2 nitrogen and oxygen atoms in total. The normalized spacial score (nSPS) is 12.6. The number of hydrogen-bond acceptors (Lipinski definition) is 1. The second kappa shape index (κ2) is 6.06. The van der Waals surface area contributed by atoms with Gasteiger partial charge in [-0.2, -0.15) is 0 Å². The van der Waals surface area contributed by atoms with Gasteiger partial charge in [0.05, 0.1) is 0 Å². The van der Waals surface area contributed by atoms with Crippen LogP contribution in [-0.2, 0) is 4.79 Å². The first-order valence-corrected chi connectivity index (χ1v) is 6.35. The van der Waals surface area contributed by atoms with Crippen molar-refractivity contribution in [3.63, 3.8) is 0 Å². The molecule has 0 aliphatic rings. The van der Waals surface area contributed by atoms with Crippen LogP contribution in [0.25, 0.3) is 0 Å². The third kappa shape index (κ3) is 4.39. The highest BCUT2D eigenvalue weighted by molar-refractivity contribution is 6.31. The molecule has 0 aliphatic carbocycles. The van der Waals surface area contributed by atoms with Crippen LogP contribution in [0.15, 0.2) is 18.2 Å². The third-order valence-electron chi connectivity index (χ3n) is 2.71. The Kier molecular flexibility index (Phi) is 5.01. The summed E-state index contributed by atoms with van der Waals surface area (Å²) in [4.78, 5) is 11.9. The number of rotatable bonds is 4. The van der Waals surface area contributed by atoms with Gasteiger partial charge in [0.25, 0.3) is 0 Å². The molecule has 1 aromatic carbocycles. The zero-order valence-corrected chi connectivity index (χ0v) is 11.6. The number of carbonyl (C=O) groups excluding carboxylic acids is 1. The molecule has 94 valence electrons. The second-order valence-corrected chi connectivity index (χ2v) is 5.39. The number of aryl methyl sites for hydroxylation is 1. The van der Waals surface area contributed by atoms with Gasteiger partial charge in [-0.1, -0.05) is 38.4 Å². The van der Waals surface area contributed by atoms with E-state index in [9.17, 15) is 4.79 Å². The molecule has 1 aromatic rings. The van der Waals surface area contributed by atoms with E-state index in [0.717, 1.165) is 17.7 Å². The zero-order valence-electron chi connectivity index (χ0n) is 10.9. The number of anilines is 1. The summed E-state index contributed by atoms with van der Waals surface area (Å²) in [6.07, 6.45) is 0.894. The molecule has 0 saturated heterocycles. The van der Waals surface area contributed by atoms with Crippen molar-refractivity contribution in [3.05, 3.63) is 28.8 Å². The number of benzene rings is 1. The van der Waals surface area contributed by atoms with Crippen LogP contribution in [0, 0.1) is 18.8 Å². The molecule has 1 rings (SSSR count). The largest absolute Gasteiger partial charge is 0.326 e. The Labute approximate surface area is 108 Å². The molecule has 0 fully saturated rings. The van der Waals surface area contributed by atoms with Crippen LogP contribution in [0.5, 0.6) is 0 Å². The van der Waals surface area contributed by atoms with Crippen LogP contribution in [0.2, 0.25) is 5.02 Å². The van der Waals surface area contributed by atoms with Gasteiger partial charge >= 0.3 is 0 Å². The van der Waals surface area contributed by atoms with Crippen molar-refractivity contribution in [1.29, 1.82) is 0 Å². The Hall–Kier alpha value is -1.02. The summed E-state index contributed by atoms with van der Waals surface area (Å²) in [6, 6.07) is 5.57. The molecule has 1 unspecified atom stereocenters. The predicted octanol–water partition coefficient (Wildman–Crippen LogP) is 4.27. The number of amides is 1. The van der Waals surface area contributed by atoms with Crippen molar-refractivity contribution in [2.75, 3.05) is 5.32 Å². The van der Waals surface area contributed by atoms with E-state index in [1.54, 1.807) is 6.07 Å². The van der Waals surface area contributed by atoms with Crippen molar-refractivity contribution < 1.29 is 4.79 Å². The van der Waals surface area contributed by atoms with Crippen molar-refractivity contribution >= 4 is 23.2 Å². The summed E-state index contributed by atoms with van der Waals surface area (Å²) < 4.78 is 0. The van der Waals surface area contributed by atoms with Gasteiger partial charge in [0.15, 0.2) is 0 Å². The lowest BCUT2D eigenvalue weighted by Gasteiger charge is -2.14. The smallest absolute Gasteiger partial charge is 0.227 e. The molecule has 0 heterocycles. The van der Waals surface area contributed by atoms with Crippen molar-refractivity contribution in [1.82, 2.24) is 0 Å². The highest BCUT2D eigenvalue weighted by Crippen LogP contribution is 2.21. The molecule has 17 heavy (non-hydrogen) atoms. The SMILES string of the molecule is Cc1ccc(NC(=O)C(C)CC(C)C)cc1Cl. The van der Waals surface area contributed by atoms with E-state index in [0.29, 0.717) is 10.9 Å². The van der Waals surface area contributed by atoms with E-state index in [1.807, 2.05) is 26.0 Å². The first-order chi connectivity index (χ1) is 7.90. The number of hydrogen-bond donors (Lipinski definition) is 1. The average molecular weight is 254 g/mol. The van der Waals surface area contributed by atoms with Gasteiger partial charge in [0.1, 0.15) is 0 Å². The molecule has 1 atom stereocenters. The van der Waals surface area contributed by atoms with E-state index in [4.69, 9.17) is 11.6 Å². The highest BCUT2D eigenvalue weighted by atomic mass is 35.5. The fourth-order valence-electron chi connectivity index (χ4n) is 1.75. The van der Waals surface area contributed by atoms with Crippen LogP contribution in [0.4, 0.5) is 5.69 Å². The first kappa shape index (κ1) is 14.0. The molecule has 0 spiro atoms. The molecule has 0 aliphatic heterocycles. The molecular weight excluding hydrogens is 234 g/mol.